The van der Waals surface area contributed by atoms with Crippen LogP contribution in [0, 0.1) is 5.92 Å². The van der Waals surface area contributed by atoms with E-state index < -0.39 is 0 Å². The Kier molecular flexibility index (Phi) is 5.94. The number of nitrogens with one attached hydrogen (secondary N) is 1. The summed E-state index contributed by atoms with van der Waals surface area (Å²) in [5.41, 5.74) is 0. The molecule has 1 amide bonds. The van der Waals surface area contributed by atoms with E-state index in [1.54, 1.807) is 17.4 Å². The fourth-order valence-electron chi connectivity index (χ4n) is 1.54. The molecule has 1 heterocycles. The van der Waals surface area contributed by atoms with Crippen LogP contribution in [0.15, 0.2) is 23.6 Å². The largest absolute Gasteiger partial charge is 0.394 e. The smallest absolute Gasteiger partial charge is 0.244 e. The number of carbonyl (C=O) groups excluding carboxylic acids is 1. The van der Waals surface area contributed by atoms with Crippen molar-refractivity contribution in [2.75, 3.05) is 6.61 Å². The molecule has 0 radical (unpaired) electrons. The van der Waals surface area contributed by atoms with Crippen LogP contribution in [0.1, 0.15) is 25.1 Å². The minimum atomic E-state index is -0.157. The van der Waals surface area contributed by atoms with E-state index in [-0.39, 0.29) is 18.6 Å². The minimum absolute atomic E-state index is 0.0171. The number of carbonyl (C=O) groups is 1. The molecule has 0 bridgehead atoms. The lowest BCUT2D eigenvalue weighted by molar-refractivity contribution is -0.117. The van der Waals surface area contributed by atoms with Crippen LogP contribution in [0.2, 0.25) is 0 Å². The summed E-state index contributed by atoms with van der Waals surface area (Å²) < 4.78 is 0. The van der Waals surface area contributed by atoms with E-state index in [9.17, 15) is 4.79 Å². The molecule has 94 valence electrons. The number of amides is 1. The zero-order valence-corrected chi connectivity index (χ0v) is 11.0. The summed E-state index contributed by atoms with van der Waals surface area (Å²) in [5.74, 6) is 0.298. The average molecular weight is 253 g/mol. The van der Waals surface area contributed by atoms with Crippen LogP contribution in [0.25, 0.3) is 6.08 Å². The molecule has 0 saturated carbocycles. The first-order valence-corrected chi connectivity index (χ1v) is 6.62. The van der Waals surface area contributed by atoms with Gasteiger partial charge < -0.3 is 10.4 Å². The SMILES string of the molecule is CC(C)CC(CO)NC(=O)/C=C/c1cccs1. The van der Waals surface area contributed by atoms with Crippen molar-refractivity contribution in [3.8, 4) is 0 Å². The molecular formula is C13H19NO2S. The molecule has 0 aliphatic carbocycles. The van der Waals surface area contributed by atoms with Crippen molar-refractivity contribution in [2.45, 2.75) is 26.3 Å². The second-order valence-electron chi connectivity index (χ2n) is 4.37. The molecule has 4 heteroatoms. The van der Waals surface area contributed by atoms with Crippen LogP contribution in [-0.4, -0.2) is 23.7 Å². The summed E-state index contributed by atoms with van der Waals surface area (Å²) in [6, 6.07) is 3.74. The third-order valence-corrected chi connectivity index (χ3v) is 3.10. The maximum Gasteiger partial charge on any atom is 0.244 e. The van der Waals surface area contributed by atoms with Gasteiger partial charge >= 0.3 is 0 Å². The molecule has 3 nitrogen and oxygen atoms in total. The molecule has 1 aromatic heterocycles. The van der Waals surface area contributed by atoms with E-state index in [1.807, 2.05) is 17.5 Å². The summed E-state index contributed by atoms with van der Waals surface area (Å²) in [7, 11) is 0. The summed E-state index contributed by atoms with van der Waals surface area (Å²) in [6.45, 7) is 4.11. The Balaban J connectivity index is 2.42. The van der Waals surface area contributed by atoms with Gasteiger partial charge in [0.05, 0.1) is 12.6 Å². The van der Waals surface area contributed by atoms with Crippen LogP contribution in [-0.2, 0) is 4.79 Å². The van der Waals surface area contributed by atoms with Crippen molar-refractivity contribution < 1.29 is 9.90 Å². The molecule has 1 atom stereocenters. The van der Waals surface area contributed by atoms with E-state index in [4.69, 9.17) is 5.11 Å². The minimum Gasteiger partial charge on any atom is -0.394 e. The fourth-order valence-corrected chi connectivity index (χ4v) is 2.16. The van der Waals surface area contributed by atoms with Crippen molar-refractivity contribution in [3.05, 3.63) is 28.5 Å². The Morgan fingerprint density at radius 2 is 2.35 bits per heavy atom. The van der Waals surface area contributed by atoms with Gasteiger partial charge in [0, 0.05) is 11.0 Å². The first kappa shape index (κ1) is 13.9. The molecule has 0 aliphatic heterocycles. The maximum absolute atomic E-state index is 11.6. The van der Waals surface area contributed by atoms with Crippen molar-refractivity contribution in [2.24, 2.45) is 5.92 Å². The summed E-state index contributed by atoms with van der Waals surface area (Å²) in [5, 5.41) is 13.9. The monoisotopic (exact) mass is 253 g/mol. The number of aliphatic hydroxyl groups is 1. The van der Waals surface area contributed by atoms with E-state index in [1.165, 1.54) is 6.08 Å². The van der Waals surface area contributed by atoms with E-state index in [2.05, 4.69) is 19.2 Å². The highest BCUT2D eigenvalue weighted by Crippen LogP contribution is 2.10. The zero-order valence-electron chi connectivity index (χ0n) is 10.2. The van der Waals surface area contributed by atoms with Crippen molar-refractivity contribution in [3.63, 3.8) is 0 Å². The Hall–Kier alpha value is -1.13. The average Bonchev–Trinajstić information content (AvgIpc) is 2.77. The molecular weight excluding hydrogens is 234 g/mol. The predicted octanol–water partition coefficient (Wildman–Crippen LogP) is 2.28. The lowest BCUT2D eigenvalue weighted by atomic mass is 10.0. The lowest BCUT2D eigenvalue weighted by Crippen LogP contribution is -2.37. The van der Waals surface area contributed by atoms with Crippen molar-refractivity contribution in [1.82, 2.24) is 5.32 Å². The molecule has 2 N–H and O–H groups in total. The molecule has 0 saturated heterocycles. The summed E-state index contributed by atoms with van der Waals surface area (Å²) in [6.07, 6.45) is 4.08. The quantitative estimate of drug-likeness (QED) is 0.764. The van der Waals surface area contributed by atoms with Gasteiger partial charge in [-0.15, -0.1) is 11.3 Å². The molecule has 0 aliphatic rings. The number of rotatable bonds is 6. The predicted molar refractivity (Wildman–Crippen MR) is 71.8 cm³/mol. The number of aliphatic hydroxyl groups excluding tert-OH is 1. The van der Waals surface area contributed by atoms with Crippen LogP contribution in [0.4, 0.5) is 0 Å². The van der Waals surface area contributed by atoms with Crippen molar-refractivity contribution >= 4 is 23.3 Å². The van der Waals surface area contributed by atoms with Gasteiger partial charge in [0.1, 0.15) is 0 Å². The number of hydrogen-bond donors (Lipinski definition) is 2. The van der Waals surface area contributed by atoms with Gasteiger partial charge in [0.2, 0.25) is 5.91 Å². The zero-order chi connectivity index (χ0) is 12.7. The summed E-state index contributed by atoms with van der Waals surface area (Å²) in [4.78, 5) is 12.6. The van der Waals surface area contributed by atoms with Gasteiger partial charge in [0.15, 0.2) is 0 Å². The van der Waals surface area contributed by atoms with Gasteiger partial charge in [-0.05, 0) is 29.9 Å². The second kappa shape index (κ2) is 7.25. The van der Waals surface area contributed by atoms with Crippen LogP contribution in [0.5, 0.6) is 0 Å². The van der Waals surface area contributed by atoms with Gasteiger partial charge in [-0.25, -0.2) is 0 Å². The highest BCUT2D eigenvalue weighted by Gasteiger charge is 2.11. The van der Waals surface area contributed by atoms with E-state index in [0.29, 0.717) is 5.92 Å². The van der Waals surface area contributed by atoms with Crippen LogP contribution in [0.3, 0.4) is 0 Å². The molecule has 0 fully saturated rings. The molecule has 0 aromatic carbocycles. The van der Waals surface area contributed by atoms with Gasteiger partial charge in [0.25, 0.3) is 0 Å². The molecule has 17 heavy (non-hydrogen) atoms. The molecule has 1 aromatic rings. The first-order chi connectivity index (χ1) is 8.11. The Morgan fingerprint density at radius 3 is 2.88 bits per heavy atom. The Morgan fingerprint density at radius 1 is 1.59 bits per heavy atom. The third kappa shape index (κ3) is 5.65. The van der Waals surface area contributed by atoms with Crippen LogP contribution < -0.4 is 5.32 Å². The van der Waals surface area contributed by atoms with Gasteiger partial charge in [-0.2, -0.15) is 0 Å². The normalized spacial score (nSPS) is 13.2. The third-order valence-electron chi connectivity index (χ3n) is 2.26. The van der Waals surface area contributed by atoms with E-state index >= 15 is 0 Å². The van der Waals surface area contributed by atoms with Crippen molar-refractivity contribution in [1.29, 1.82) is 0 Å². The van der Waals surface area contributed by atoms with Gasteiger partial charge in [-0.3, -0.25) is 4.79 Å². The topological polar surface area (TPSA) is 49.3 Å². The summed E-state index contributed by atoms with van der Waals surface area (Å²) >= 11 is 1.58. The number of hydrogen-bond acceptors (Lipinski definition) is 3. The Bertz CT molecular complexity index is 358. The Labute approximate surface area is 106 Å². The molecule has 0 spiro atoms. The molecule has 1 unspecified atom stereocenters. The fraction of sp³-hybridized carbons (Fsp3) is 0.462. The highest BCUT2D eigenvalue weighted by molar-refractivity contribution is 7.10. The van der Waals surface area contributed by atoms with E-state index in [0.717, 1.165) is 11.3 Å². The number of thiophene rings is 1. The highest BCUT2D eigenvalue weighted by atomic mass is 32.1. The van der Waals surface area contributed by atoms with Crippen LogP contribution >= 0.6 is 11.3 Å². The second-order valence-corrected chi connectivity index (χ2v) is 5.35. The first-order valence-electron chi connectivity index (χ1n) is 5.74. The maximum atomic E-state index is 11.6. The lowest BCUT2D eigenvalue weighted by Gasteiger charge is -2.16. The van der Waals surface area contributed by atoms with Gasteiger partial charge in [-0.1, -0.05) is 19.9 Å². The molecule has 1 rings (SSSR count). The standard InChI is InChI=1S/C13H19NO2S/c1-10(2)8-11(9-15)14-13(16)6-5-12-4-3-7-17-12/h3-7,10-11,15H,8-9H2,1-2H3,(H,14,16)/b6-5+.